The highest BCUT2D eigenvalue weighted by atomic mass is 31.2. The number of aliphatic hydroxyl groups excluding tert-OH is 1. The number of phosphoric acid groups is 2. The number of hydrogen-bond donors (Lipinski definition) is 3. The fourth-order valence-corrected chi connectivity index (χ4v) is 14.2. The number of hydrogen-bond acceptors (Lipinski definition) is 15. The van der Waals surface area contributed by atoms with Crippen LogP contribution in [0, 0.1) is 5.92 Å². The molecule has 0 aliphatic rings. The van der Waals surface area contributed by atoms with Crippen LogP contribution >= 0.6 is 15.6 Å². The van der Waals surface area contributed by atoms with Crippen LogP contribution in [0.4, 0.5) is 0 Å². The fourth-order valence-electron chi connectivity index (χ4n) is 12.6. The first-order valence-corrected chi connectivity index (χ1v) is 45.1. The molecule has 0 rings (SSSR count). The van der Waals surface area contributed by atoms with E-state index in [9.17, 15) is 43.2 Å². The average Bonchev–Trinajstić information content (AvgIpc) is 0.968. The Bertz CT molecular complexity index is 1910. The summed E-state index contributed by atoms with van der Waals surface area (Å²) in [6, 6.07) is 0. The zero-order valence-electron chi connectivity index (χ0n) is 65.3. The second kappa shape index (κ2) is 73.9. The highest BCUT2D eigenvalue weighted by Crippen LogP contribution is 2.45. The zero-order chi connectivity index (χ0) is 73.4. The van der Waals surface area contributed by atoms with E-state index in [2.05, 4.69) is 34.6 Å². The molecular weight excluding hydrogens is 1310 g/mol. The number of carbonyl (C=O) groups excluding carboxylic acids is 4. The van der Waals surface area contributed by atoms with Gasteiger partial charge < -0.3 is 33.8 Å². The summed E-state index contributed by atoms with van der Waals surface area (Å²) >= 11 is 0. The van der Waals surface area contributed by atoms with Crippen molar-refractivity contribution < 1.29 is 80.2 Å². The quantitative estimate of drug-likeness (QED) is 0.0222. The van der Waals surface area contributed by atoms with Gasteiger partial charge in [0.1, 0.15) is 19.3 Å². The van der Waals surface area contributed by atoms with Gasteiger partial charge >= 0.3 is 39.5 Å². The van der Waals surface area contributed by atoms with Crippen molar-refractivity contribution >= 4 is 39.5 Å². The summed E-state index contributed by atoms with van der Waals surface area (Å²) in [5, 5.41) is 10.6. The maximum absolute atomic E-state index is 13.1. The molecule has 19 heteroatoms. The van der Waals surface area contributed by atoms with E-state index >= 15 is 0 Å². The van der Waals surface area contributed by atoms with Crippen LogP contribution in [-0.4, -0.2) is 96.7 Å². The van der Waals surface area contributed by atoms with Gasteiger partial charge in [-0.3, -0.25) is 37.3 Å². The second-order valence-corrected chi connectivity index (χ2v) is 32.5. The molecule has 594 valence electrons. The van der Waals surface area contributed by atoms with Gasteiger partial charge in [0.25, 0.3) is 0 Å². The molecular formula is C81H158O17P2. The number of unbranched alkanes of at least 4 members (excludes halogenated alkanes) is 53. The largest absolute Gasteiger partial charge is 0.472 e. The lowest BCUT2D eigenvalue weighted by molar-refractivity contribution is -0.161. The van der Waals surface area contributed by atoms with E-state index in [0.717, 1.165) is 95.8 Å². The first kappa shape index (κ1) is 98.1. The van der Waals surface area contributed by atoms with E-state index in [0.29, 0.717) is 25.7 Å². The molecule has 100 heavy (non-hydrogen) atoms. The second-order valence-electron chi connectivity index (χ2n) is 29.6. The molecule has 0 aliphatic carbocycles. The molecule has 0 aromatic heterocycles. The summed E-state index contributed by atoms with van der Waals surface area (Å²) in [7, 11) is -9.92. The van der Waals surface area contributed by atoms with Crippen LogP contribution in [0.3, 0.4) is 0 Å². The van der Waals surface area contributed by atoms with Crippen molar-refractivity contribution in [3.05, 3.63) is 0 Å². The van der Waals surface area contributed by atoms with Gasteiger partial charge in [-0.05, 0) is 31.6 Å². The number of carbonyl (C=O) groups is 4. The minimum atomic E-state index is -4.96. The number of aliphatic hydroxyl groups is 1. The Kier molecular flexibility index (Phi) is 72.5. The number of phosphoric ester groups is 2. The summed E-state index contributed by atoms with van der Waals surface area (Å²) in [5.41, 5.74) is 0. The smallest absolute Gasteiger partial charge is 0.462 e. The molecule has 0 aliphatic heterocycles. The molecule has 0 fully saturated rings. The molecule has 0 aromatic rings. The van der Waals surface area contributed by atoms with Crippen molar-refractivity contribution in [2.75, 3.05) is 39.6 Å². The Morgan fingerprint density at radius 1 is 0.270 bits per heavy atom. The zero-order valence-corrected chi connectivity index (χ0v) is 67.1. The molecule has 2 unspecified atom stereocenters. The average molecular weight is 1470 g/mol. The van der Waals surface area contributed by atoms with Crippen LogP contribution in [0.15, 0.2) is 0 Å². The molecule has 5 atom stereocenters. The van der Waals surface area contributed by atoms with Crippen molar-refractivity contribution in [1.82, 2.24) is 0 Å². The van der Waals surface area contributed by atoms with E-state index < -0.39 is 97.5 Å². The number of rotatable bonds is 81. The molecule has 17 nitrogen and oxygen atoms in total. The van der Waals surface area contributed by atoms with Crippen LogP contribution in [0.2, 0.25) is 0 Å². The summed E-state index contributed by atoms with van der Waals surface area (Å²) in [5.74, 6) is -1.38. The van der Waals surface area contributed by atoms with Gasteiger partial charge in [-0.15, -0.1) is 0 Å². The minimum Gasteiger partial charge on any atom is -0.462 e. The molecule has 3 N–H and O–H groups in total. The molecule has 0 spiro atoms. The third-order valence-electron chi connectivity index (χ3n) is 19.0. The van der Waals surface area contributed by atoms with Crippen LogP contribution in [0.1, 0.15) is 433 Å². The maximum atomic E-state index is 13.1. The van der Waals surface area contributed by atoms with Crippen molar-refractivity contribution in [2.24, 2.45) is 5.92 Å². The monoisotopic (exact) mass is 1470 g/mol. The molecule has 0 heterocycles. The highest BCUT2D eigenvalue weighted by Gasteiger charge is 2.30. The van der Waals surface area contributed by atoms with E-state index in [4.69, 9.17) is 37.0 Å². The van der Waals surface area contributed by atoms with Crippen molar-refractivity contribution in [3.63, 3.8) is 0 Å². The number of esters is 4. The summed E-state index contributed by atoms with van der Waals surface area (Å²) < 4.78 is 68.7. The third-order valence-corrected chi connectivity index (χ3v) is 20.9. The molecule has 0 radical (unpaired) electrons. The van der Waals surface area contributed by atoms with E-state index in [1.54, 1.807) is 0 Å². The molecule has 0 bridgehead atoms. The standard InChI is InChI=1S/C81H158O17P2/c1-6-9-12-15-18-21-24-27-29-31-32-33-34-35-37-39-42-45-52-57-62-67-81(86)97-76(70-91-78(83)64-59-54-49-43-41-38-36-30-28-25-22-19-16-13-10-7-2)72-95-99(87,88)93-68-75(82)69-94-100(89,90)96-73-77(71-92-79(84)65-60-55-50-47-46-48-53-58-63-74(4)5)98-80(85)66-61-56-51-44-40-26-23-20-17-14-11-8-3/h74-77,82H,6-73H2,1-5H3,(H,87,88)(H,89,90)/t75-,76-,77-/m1/s1. The predicted octanol–water partition coefficient (Wildman–Crippen LogP) is 24.4. The van der Waals surface area contributed by atoms with Crippen molar-refractivity contribution in [3.8, 4) is 0 Å². The normalized spacial score (nSPS) is 13.8. The molecule has 0 saturated carbocycles. The number of ether oxygens (including phenoxy) is 4. The molecule has 0 amide bonds. The van der Waals surface area contributed by atoms with E-state index in [1.165, 1.54) is 257 Å². The van der Waals surface area contributed by atoms with Gasteiger partial charge in [0.2, 0.25) is 0 Å². The topological polar surface area (TPSA) is 237 Å². The van der Waals surface area contributed by atoms with Gasteiger partial charge in [-0.25, -0.2) is 9.13 Å². The fraction of sp³-hybridized carbons (Fsp3) is 0.951. The predicted molar refractivity (Wildman–Crippen MR) is 409 cm³/mol. The lowest BCUT2D eigenvalue weighted by atomic mass is 10.0. The summed E-state index contributed by atoms with van der Waals surface area (Å²) in [4.78, 5) is 73.0. The summed E-state index contributed by atoms with van der Waals surface area (Å²) in [6.07, 6.45) is 65.3. The highest BCUT2D eigenvalue weighted by molar-refractivity contribution is 7.47. The Balaban J connectivity index is 5.22. The summed E-state index contributed by atoms with van der Waals surface area (Å²) in [6.45, 7) is 7.29. The van der Waals surface area contributed by atoms with Crippen molar-refractivity contribution in [1.29, 1.82) is 0 Å². The van der Waals surface area contributed by atoms with Crippen LogP contribution < -0.4 is 0 Å². The lowest BCUT2D eigenvalue weighted by Crippen LogP contribution is -2.30. The van der Waals surface area contributed by atoms with Gasteiger partial charge in [0.15, 0.2) is 12.2 Å². The van der Waals surface area contributed by atoms with Gasteiger partial charge in [0, 0.05) is 25.7 Å². The van der Waals surface area contributed by atoms with Crippen LogP contribution in [0.5, 0.6) is 0 Å². The Morgan fingerprint density at radius 2 is 0.460 bits per heavy atom. The van der Waals surface area contributed by atoms with Gasteiger partial charge in [-0.2, -0.15) is 0 Å². The Morgan fingerprint density at radius 3 is 0.680 bits per heavy atom. The molecule has 0 aromatic carbocycles. The van der Waals surface area contributed by atoms with Gasteiger partial charge in [-0.1, -0.05) is 381 Å². The first-order valence-electron chi connectivity index (χ1n) is 42.1. The molecule has 0 saturated heterocycles. The SMILES string of the molecule is CCCCCCCCCCCCCCCCCCCCCCCC(=O)O[C@H](COC(=O)CCCCCCCCCCCCCCCCCC)COP(=O)(O)OC[C@@H](O)COP(=O)(O)OC[C@@H](COC(=O)CCCCCCCCCCC(C)C)OC(=O)CCCCCCCCCCCCCC. The Labute approximate surface area is 613 Å². The van der Waals surface area contributed by atoms with Crippen LogP contribution in [-0.2, 0) is 65.4 Å². The third kappa shape index (κ3) is 74.3. The maximum Gasteiger partial charge on any atom is 0.472 e. The van der Waals surface area contributed by atoms with Crippen molar-refractivity contribution in [2.45, 2.75) is 451 Å². The van der Waals surface area contributed by atoms with E-state index in [-0.39, 0.29) is 25.7 Å². The first-order chi connectivity index (χ1) is 48.5. The Hall–Kier alpha value is -1.94. The van der Waals surface area contributed by atoms with Crippen LogP contribution in [0.25, 0.3) is 0 Å². The lowest BCUT2D eigenvalue weighted by Gasteiger charge is -2.21. The van der Waals surface area contributed by atoms with E-state index in [1.807, 2.05) is 0 Å². The van der Waals surface area contributed by atoms with Gasteiger partial charge in [0.05, 0.1) is 26.4 Å². The minimum absolute atomic E-state index is 0.107.